The minimum absolute atomic E-state index is 0.0267. The zero-order valence-corrected chi connectivity index (χ0v) is 30.6. The molecule has 8 rings (SSSR count). The van der Waals surface area contributed by atoms with Gasteiger partial charge in [0.2, 0.25) is 11.8 Å². The Morgan fingerprint density at radius 3 is 2.21 bits per heavy atom. The summed E-state index contributed by atoms with van der Waals surface area (Å²) in [5, 5.41) is 23.3. The highest BCUT2D eigenvalue weighted by Gasteiger charge is 2.70. The van der Waals surface area contributed by atoms with E-state index < -0.39 is 86.1 Å². The highest BCUT2D eigenvalue weighted by molar-refractivity contribution is 6.33. The molecule has 3 heterocycles. The van der Waals surface area contributed by atoms with Crippen LogP contribution < -0.4 is 10.3 Å². The van der Waals surface area contributed by atoms with Crippen LogP contribution in [-0.4, -0.2) is 43.7 Å². The van der Waals surface area contributed by atoms with Gasteiger partial charge in [-0.15, -0.1) is 0 Å². The van der Waals surface area contributed by atoms with Crippen molar-refractivity contribution < 1.29 is 42.4 Å². The fourth-order valence-electron chi connectivity index (χ4n) is 8.86. The second-order valence-electron chi connectivity index (χ2n) is 13.9. The fraction of sp³-hybridized carbons (Fsp3) is 0.237. The van der Waals surface area contributed by atoms with E-state index in [2.05, 4.69) is 10.4 Å². The minimum atomic E-state index is -4.79. The number of phenols is 1. The molecule has 3 fully saturated rings. The predicted molar refractivity (Wildman–Crippen MR) is 196 cm³/mol. The van der Waals surface area contributed by atoms with Gasteiger partial charge in [-0.2, -0.15) is 18.2 Å². The van der Waals surface area contributed by atoms with Crippen LogP contribution in [0.15, 0.2) is 90.6 Å². The van der Waals surface area contributed by atoms with E-state index in [-0.39, 0.29) is 46.1 Å². The van der Waals surface area contributed by atoms with Crippen molar-refractivity contribution in [2.24, 2.45) is 23.7 Å². The number of aromatic hydroxyl groups is 1. The van der Waals surface area contributed by atoms with Gasteiger partial charge in [0.05, 0.1) is 44.4 Å². The number of imide groups is 2. The maximum absolute atomic E-state index is 15.3. The first-order valence-corrected chi connectivity index (χ1v) is 18.1. The van der Waals surface area contributed by atoms with Crippen LogP contribution in [0.5, 0.6) is 5.75 Å². The number of amides is 4. The van der Waals surface area contributed by atoms with E-state index in [9.17, 15) is 42.8 Å². The summed E-state index contributed by atoms with van der Waals surface area (Å²) in [5.74, 6) is -8.98. The number of nitro benzene ring substituents is 1. The molecule has 286 valence electrons. The number of carbonyl (C=O) groups excluding carboxylic acids is 4. The molecule has 1 saturated carbocycles. The Balaban J connectivity index is 1.30. The van der Waals surface area contributed by atoms with E-state index in [0.717, 1.165) is 4.90 Å². The number of hydrazine groups is 1. The number of anilines is 2. The molecule has 12 nitrogen and oxygen atoms in total. The largest absolute Gasteiger partial charge is 0.508 e. The summed E-state index contributed by atoms with van der Waals surface area (Å²) in [6.45, 7) is 0. The summed E-state index contributed by atoms with van der Waals surface area (Å²) in [6.07, 6.45) is -2.70. The van der Waals surface area contributed by atoms with E-state index in [1.54, 1.807) is 18.2 Å². The Hall–Kier alpha value is -5.51. The van der Waals surface area contributed by atoms with Crippen molar-refractivity contribution in [3.8, 4) is 5.75 Å². The number of nitrogens with one attached hydrogen (secondary N) is 1. The number of aromatic nitrogens is 1. The summed E-state index contributed by atoms with van der Waals surface area (Å²) < 4.78 is 40.4. The van der Waals surface area contributed by atoms with Crippen LogP contribution in [0.3, 0.4) is 0 Å². The van der Waals surface area contributed by atoms with Crippen molar-refractivity contribution in [3.63, 3.8) is 0 Å². The molecule has 6 unspecified atom stereocenters. The standard InChI is InChI=1S/C38H25Cl3F3N5O7/c39-19-3-1-17(2-4-19)37-27(34(52)48(36(37)54)46-32-28(41)13-18(16-45-32)38(42,43)44)15-25-23(31(37)26-14-20(40)5-12-29(26)50)10-11-24-30(25)35(53)47(33(24)51)21-6-8-22(9-7-21)49(55)56/h1-10,12-14,16,24-25,27,30-31,50H,11,15H2,(H,45,46). The number of fused-ring (bicyclic) bond motifs is 4. The zero-order valence-electron chi connectivity index (χ0n) is 28.3. The summed E-state index contributed by atoms with van der Waals surface area (Å²) in [5.41, 5.74) is 0.226. The Kier molecular flexibility index (Phi) is 8.90. The molecule has 0 bridgehead atoms. The van der Waals surface area contributed by atoms with Crippen LogP contribution in [0, 0.1) is 33.8 Å². The Morgan fingerprint density at radius 1 is 0.893 bits per heavy atom. The number of hydrogen-bond acceptors (Lipinski definition) is 9. The lowest BCUT2D eigenvalue weighted by atomic mass is 9.49. The third kappa shape index (κ3) is 5.62. The predicted octanol–water partition coefficient (Wildman–Crippen LogP) is 7.86. The number of non-ortho nitro benzene ring substituents is 1. The summed E-state index contributed by atoms with van der Waals surface area (Å²) in [6, 6.07) is 15.8. The quantitative estimate of drug-likeness (QED) is 0.0853. The van der Waals surface area contributed by atoms with Crippen molar-refractivity contribution in [1.29, 1.82) is 0 Å². The van der Waals surface area contributed by atoms with Gasteiger partial charge in [0, 0.05) is 39.9 Å². The number of nitrogens with zero attached hydrogens (tertiary/aromatic N) is 4. The molecule has 2 N–H and O–H groups in total. The molecule has 2 aliphatic carbocycles. The third-order valence-corrected chi connectivity index (χ3v) is 12.0. The van der Waals surface area contributed by atoms with Crippen LogP contribution in [0.2, 0.25) is 15.1 Å². The molecule has 4 aliphatic rings. The topological polar surface area (TPSA) is 163 Å². The summed E-state index contributed by atoms with van der Waals surface area (Å²) >= 11 is 19.0. The molecule has 4 aromatic rings. The lowest BCUT2D eigenvalue weighted by molar-refractivity contribution is -0.384. The van der Waals surface area contributed by atoms with Crippen LogP contribution in [0.1, 0.15) is 35.4 Å². The van der Waals surface area contributed by atoms with Crippen molar-refractivity contribution in [1.82, 2.24) is 9.99 Å². The molecule has 3 aromatic carbocycles. The number of rotatable bonds is 6. The molecule has 2 saturated heterocycles. The van der Waals surface area contributed by atoms with Gasteiger partial charge in [-0.3, -0.25) is 39.6 Å². The van der Waals surface area contributed by atoms with Crippen molar-refractivity contribution in [2.75, 3.05) is 10.3 Å². The second kappa shape index (κ2) is 13.3. The number of nitro groups is 1. The number of carbonyl (C=O) groups is 4. The SMILES string of the molecule is O=C1C2CC3C(=CCC4C(=O)N(c5ccc([N+](=O)[O-])cc5)C(=O)C43)C(c3cc(Cl)ccc3O)C2(c2ccc(Cl)cc2)C(=O)N1Nc1ncc(C(F)(F)F)cc1Cl. The monoisotopic (exact) mass is 825 g/mol. The molecular weight excluding hydrogens is 802 g/mol. The van der Waals surface area contributed by atoms with Crippen LogP contribution in [0.25, 0.3) is 0 Å². The van der Waals surface area contributed by atoms with Crippen LogP contribution in [-0.2, 0) is 30.8 Å². The van der Waals surface area contributed by atoms with Crippen LogP contribution >= 0.6 is 34.8 Å². The van der Waals surface area contributed by atoms with E-state index in [0.29, 0.717) is 27.9 Å². The molecule has 18 heteroatoms. The molecule has 2 aliphatic heterocycles. The second-order valence-corrected chi connectivity index (χ2v) is 15.2. The molecule has 0 radical (unpaired) electrons. The number of alkyl halides is 3. The molecule has 4 amide bonds. The van der Waals surface area contributed by atoms with Gasteiger partial charge in [0.1, 0.15) is 5.75 Å². The first-order chi connectivity index (χ1) is 26.5. The van der Waals surface area contributed by atoms with Gasteiger partial charge in [0.15, 0.2) is 5.82 Å². The number of hydrogen-bond donors (Lipinski definition) is 2. The number of halogens is 6. The first kappa shape index (κ1) is 37.4. The Morgan fingerprint density at radius 2 is 1.57 bits per heavy atom. The lowest BCUT2D eigenvalue weighted by Gasteiger charge is -2.50. The van der Waals surface area contributed by atoms with Gasteiger partial charge in [0.25, 0.3) is 17.5 Å². The van der Waals surface area contributed by atoms with Crippen LogP contribution in [0.4, 0.5) is 30.4 Å². The van der Waals surface area contributed by atoms with Crippen molar-refractivity contribution in [3.05, 3.63) is 133 Å². The van der Waals surface area contributed by atoms with E-state index in [1.165, 1.54) is 54.6 Å². The smallest absolute Gasteiger partial charge is 0.417 e. The maximum Gasteiger partial charge on any atom is 0.417 e. The molecule has 0 spiro atoms. The first-order valence-electron chi connectivity index (χ1n) is 17.0. The van der Waals surface area contributed by atoms with E-state index in [4.69, 9.17) is 34.8 Å². The third-order valence-electron chi connectivity index (χ3n) is 11.2. The summed E-state index contributed by atoms with van der Waals surface area (Å²) in [4.78, 5) is 73.9. The van der Waals surface area contributed by atoms with E-state index >= 15 is 4.79 Å². The van der Waals surface area contributed by atoms with Crippen molar-refractivity contribution >= 4 is 75.6 Å². The van der Waals surface area contributed by atoms with Gasteiger partial charge < -0.3 is 5.11 Å². The average molecular weight is 827 g/mol. The number of phenolic OH excluding ortho intramolecular Hbond substituents is 1. The average Bonchev–Trinajstić information content (AvgIpc) is 3.54. The molecular formula is C38H25Cl3F3N5O7. The number of pyridine rings is 1. The minimum Gasteiger partial charge on any atom is -0.508 e. The summed E-state index contributed by atoms with van der Waals surface area (Å²) in [7, 11) is 0. The normalized spacial score (nSPS) is 25.8. The number of benzene rings is 3. The van der Waals surface area contributed by atoms with Crippen molar-refractivity contribution in [2.45, 2.75) is 30.4 Å². The highest BCUT2D eigenvalue weighted by atomic mass is 35.5. The molecule has 1 aromatic heterocycles. The molecule has 56 heavy (non-hydrogen) atoms. The Labute approximate surface area is 329 Å². The Bertz CT molecular complexity index is 2410. The van der Waals surface area contributed by atoms with Gasteiger partial charge in [-0.1, -0.05) is 58.6 Å². The van der Waals surface area contributed by atoms with E-state index in [1.807, 2.05) is 0 Å². The lowest BCUT2D eigenvalue weighted by Crippen LogP contribution is -2.53. The number of allylic oxidation sites excluding steroid dienone is 2. The molecule has 6 atom stereocenters. The van der Waals surface area contributed by atoms with Gasteiger partial charge >= 0.3 is 6.18 Å². The highest BCUT2D eigenvalue weighted by Crippen LogP contribution is 2.65. The van der Waals surface area contributed by atoms with Gasteiger partial charge in [-0.05, 0) is 72.9 Å². The zero-order chi connectivity index (χ0) is 40.0. The van der Waals surface area contributed by atoms with Gasteiger partial charge in [-0.25, -0.2) is 4.98 Å². The fourth-order valence-corrected chi connectivity index (χ4v) is 9.38. The maximum atomic E-state index is 15.3.